The number of nitrogens with one attached hydrogen (secondary N) is 1. The van der Waals surface area contributed by atoms with E-state index in [0.717, 1.165) is 60.0 Å². The highest BCUT2D eigenvalue weighted by atomic mass is 16.1. The van der Waals surface area contributed by atoms with Crippen LogP contribution in [-0.4, -0.2) is 42.0 Å². The number of carbonyl (C=O) groups is 1. The Bertz CT molecular complexity index is 1330. The minimum Gasteiger partial charge on any atom is -0.356 e. The van der Waals surface area contributed by atoms with Crippen LogP contribution in [0.5, 0.6) is 0 Å². The van der Waals surface area contributed by atoms with E-state index in [2.05, 4.69) is 48.5 Å². The van der Waals surface area contributed by atoms with Gasteiger partial charge in [-0.25, -0.2) is 9.97 Å². The van der Waals surface area contributed by atoms with Gasteiger partial charge in [-0.15, -0.1) is 0 Å². The summed E-state index contributed by atoms with van der Waals surface area (Å²) in [6.07, 6.45) is 16.5. The Morgan fingerprint density at radius 1 is 0.912 bits per heavy atom. The van der Waals surface area contributed by atoms with E-state index in [1.165, 1.54) is 0 Å². The first kappa shape index (κ1) is 20.8. The maximum atomic E-state index is 11.7. The van der Waals surface area contributed by atoms with Crippen LogP contribution in [0.3, 0.4) is 0 Å². The lowest BCUT2D eigenvalue weighted by atomic mass is 9.72. The van der Waals surface area contributed by atoms with E-state index < -0.39 is 0 Å². The summed E-state index contributed by atoms with van der Waals surface area (Å²) < 4.78 is 3.88. The van der Waals surface area contributed by atoms with Gasteiger partial charge in [-0.1, -0.05) is 18.2 Å². The van der Waals surface area contributed by atoms with Gasteiger partial charge in [0.1, 0.15) is 0 Å². The molecule has 2 aliphatic rings. The summed E-state index contributed by atoms with van der Waals surface area (Å²) in [7, 11) is 1.91. The van der Waals surface area contributed by atoms with Crippen molar-refractivity contribution in [1.82, 2.24) is 34.8 Å². The molecular weight excluding hydrogens is 426 g/mol. The molecule has 8 heteroatoms. The Kier molecular flexibility index (Phi) is 5.01. The molecular formula is C26H27N7O. The van der Waals surface area contributed by atoms with E-state index in [9.17, 15) is 4.79 Å². The van der Waals surface area contributed by atoms with Crippen LogP contribution < -0.4 is 5.32 Å². The third-order valence-corrected chi connectivity index (χ3v) is 7.33. The van der Waals surface area contributed by atoms with E-state index >= 15 is 0 Å². The van der Waals surface area contributed by atoms with Crippen LogP contribution >= 0.6 is 0 Å². The van der Waals surface area contributed by atoms with Gasteiger partial charge in [0.05, 0.1) is 18.4 Å². The number of hydrogen-bond acceptors (Lipinski definition) is 5. The lowest BCUT2D eigenvalue weighted by Gasteiger charge is -2.35. The molecule has 0 unspecified atom stereocenters. The maximum absolute atomic E-state index is 11.7. The van der Waals surface area contributed by atoms with Gasteiger partial charge in [0.15, 0.2) is 5.82 Å². The first-order chi connectivity index (χ1) is 16.6. The van der Waals surface area contributed by atoms with E-state index in [1.54, 1.807) is 4.68 Å². The average Bonchev–Trinajstić information content (AvgIpc) is 3.61. The summed E-state index contributed by atoms with van der Waals surface area (Å²) in [6.45, 7) is 0.831. The van der Waals surface area contributed by atoms with Crippen LogP contribution in [0.25, 0.3) is 33.6 Å². The molecule has 4 heterocycles. The van der Waals surface area contributed by atoms with Crippen molar-refractivity contribution in [2.24, 2.45) is 12.5 Å². The van der Waals surface area contributed by atoms with Gasteiger partial charge >= 0.3 is 0 Å². The molecule has 1 saturated heterocycles. The largest absolute Gasteiger partial charge is 0.356 e. The first-order valence-corrected chi connectivity index (χ1v) is 11.8. The van der Waals surface area contributed by atoms with Gasteiger partial charge in [-0.3, -0.25) is 14.2 Å². The van der Waals surface area contributed by atoms with Crippen LogP contribution in [0.4, 0.5) is 0 Å². The molecule has 0 radical (unpaired) electrons. The molecule has 4 aromatic rings. The molecule has 8 nitrogen and oxygen atoms in total. The number of benzene rings is 1. The molecule has 34 heavy (non-hydrogen) atoms. The highest BCUT2D eigenvalue weighted by Crippen LogP contribution is 2.45. The van der Waals surface area contributed by atoms with Crippen molar-refractivity contribution < 1.29 is 4.79 Å². The number of carbonyl (C=O) groups excluding carboxylic acids is 1. The Hall–Kier alpha value is -3.81. The normalized spacial score (nSPS) is 22.3. The van der Waals surface area contributed by atoms with Gasteiger partial charge in [-0.2, -0.15) is 10.2 Å². The number of aromatic nitrogens is 6. The quantitative estimate of drug-likeness (QED) is 0.504. The monoisotopic (exact) mass is 453 g/mol. The van der Waals surface area contributed by atoms with Crippen molar-refractivity contribution in [1.29, 1.82) is 0 Å². The van der Waals surface area contributed by atoms with Gasteiger partial charge in [-0.05, 0) is 42.7 Å². The fourth-order valence-electron chi connectivity index (χ4n) is 5.31. The second-order valence-corrected chi connectivity index (χ2v) is 9.67. The summed E-state index contributed by atoms with van der Waals surface area (Å²) in [5.41, 5.74) is 5.27. The number of amides is 1. The zero-order valence-corrected chi connectivity index (χ0v) is 19.2. The third-order valence-electron chi connectivity index (χ3n) is 7.33. The highest BCUT2D eigenvalue weighted by molar-refractivity contribution is 5.79. The molecule has 6 rings (SSSR count). The summed E-state index contributed by atoms with van der Waals surface area (Å²) in [5.74, 6) is 0.895. The molecule has 1 saturated carbocycles. The van der Waals surface area contributed by atoms with Gasteiger partial charge in [0.2, 0.25) is 5.91 Å². The summed E-state index contributed by atoms with van der Waals surface area (Å²) in [4.78, 5) is 21.0. The second kappa shape index (κ2) is 8.20. The molecule has 0 atom stereocenters. The van der Waals surface area contributed by atoms with Gasteiger partial charge in [0.25, 0.3) is 0 Å². The molecule has 1 spiro atoms. The van der Waals surface area contributed by atoms with Crippen molar-refractivity contribution in [3.8, 4) is 33.6 Å². The van der Waals surface area contributed by atoms with E-state index in [0.29, 0.717) is 18.3 Å². The van der Waals surface area contributed by atoms with Crippen molar-refractivity contribution in [2.45, 2.75) is 38.1 Å². The lowest BCUT2D eigenvalue weighted by Crippen LogP contribution is -2.30. The van der Waals surface area contributed by atoms with E-state index in [4.69, 9.17) is 0 Å². The Morgan fingerprint density at radius 2 is 1.65 bits per heavy atom. The molecule has 3 aromatic heterocycles. The molecule has 1 aliphatic carbocycles. The Labute approximate surface area is 198 Å². The van der Waals surface area contributed by atoms with Crippen LogP contribution in [0.2, 0.25) is 0 Å². The van der Waals surface area contributed by atoms with Crippen molar-refractivity contribution in [3.05, 3.63) is 61.4 Å². The van der Waals surface area contributed by atoms with Crippen LogP contribution in [0.15, 0.2) is 61.4 Å². The van der Waals surface area contributed by atoms with Crippen LogP contribution in [0.1, 0.15) is 38.1 Å². The van der Waals surface area contributed by atoms with Gasteiger partial charge in [0, 0.05) is 67.1 Å². The zero-order valence-electron chi connectivity index (χ0n) is 19.2. The maximum Gasteiger partial charge on any atom is 0.220 e. The smallest absolute Gasteiger partial charge is 0.220 e. The molecule has 2 fully saturated rings. The predicted molar refractivity (Wildman–Crippen MR) is 128 cm³/mol. The topological polar surface area (TPSA) is 90.5 Å². The molecule has 1 aliphatic heterocycles. The Balaban J connectivity index is 1.16. The number of rotatable bonds is 4. The summed E-state index contributed by atoms with van der Waals surface area (Å²) in [6, 6.07) is 8.58. The fraction of sp³-hybridized carbons (Fsp3) is 0.346. The lowest BCUT2D eigenvalue weighted by molar-refractivity contribution is -0.119. The SMILES string of the molecule is Cn1cc(-c2cccc(-c3ncc(-c4cnn([C@H]5CC[C@@]6(CC5)CNC(=O)C6)c4)cn3)c2)cn1. The zero-order chi connectivity index (χ0) is 23.1. The van der Waals surface area contributed by atoms with Crippen molar-refractivity contribution in [2.75, 3.05) is 6.54 Å². The van der Waals surface area contributed by atoms with Crippen LogP contribution in [-0.2, 0) is 11.8 Å². The summed E-state index contributed by atoms with van der Waals surface area (Å²) in [5, 5.41) is 11.9. The number of aryl methyl sites for hydroxylation is 1. The number of hydrogen-bond donors (Lipinski definition) is 1. The highest BCUT2D eigenvalue weighted by Gasteiger charge is 2.41. The fourth-order valence-corrected chi connectivity index (χ4v) is 5.31. The van der Waals surface area contributed by atoms with E-state index in [1.807, 2.05) is 50.2 Å². The molecule has 0 bridgehead atoms. The van der Waals surface area contributed by atoms with Crippen molar-refractivity contribution >= 4 is 5.91 Å². The minimum absolute atomic E-state index is 0.168. The minimum atomic E-state index is 0.168. The van der Waals surface area contributed by atoms with E-state index in [-0.39, 0.29) is 11.3 Å². The third kappa shape index (κ3) is 3.89. The molecule has 172 valence electrons. The van der Waals surface area contributed by atoms with Crippen molar-refractivity contribution in [3.63, 3.8) is 0 Å². The van der Waals surface area contributed by atoms with Gasteiger partial charge < -0.3 is 5.32 Å². The molecule has 1 amide bonds. The Morgan fingerprint density at radius 3 is 2.35 bits per heavy atom. The van der Waals surface area contributed by atoms with Crippen LogP contribution in [0, 0.1) is 5.41 Å². The predicted octanol–water partition coefficient (Wildman–Crippen LogP) is 4.03. The second-order valence-electron chi connectivity index (χ2n) is 9.67. The summed E-state index contributed by atoms with van der Waals surface area (Å²) >= 11 is 0. The standard InChI is InChI=1S/C26H27N7O/c1-32-15-21(13-30-32)18-3-2-4-19(9-18)25-27-11-20(12-28-25)22-14-31-33(16-22)23-5-7-26(8-6-23)10-24(34)29-17-26/h2-4,9,11-16,23H,5-8,10,17H2,1H3,(H,29,34)/t23-,26-. The average molecular weight is 454 g/mol. The number of nitrogens with zero attached hydrogens (tertiary/aromatic N) is 6. The first-order valence-electron chi connectivity index (χ1n) is 11.8. The molecule has 1 aromatic carbocycles. The molecule has 1 N–H and O–H groups in total.